The second kappa shape index (κ2) is 7.31. The fraction of sp³-hybridized carbons (Fsp3) is 0.875. The van der Waals surface area contributed by atoms with Gasteiger partial charge in [-0.15, -0.1) is 0 Å². The molecule has 0 aliphatic carbocycles. The maximum Gasteiger partial charge on any atom is 0.410 e. The lowest BCUT2D eigenvalue weighted by Gasteiger charge is -2.29. The third kappa shape index (κ3) is 4.87. The van der Waals surface area contributed by atoms with Gasteiger partial charge in [0.15, 0.2) is 0 Å². The topological polar surface area (TPSA) is 59.1 Å². The van der Waals surface area contributed by atoms with Crippen molar-refractivity contribution in [3.63, 3.8) is 0 Å². The van der Waals surface area contributed by atoms with Gasteiger partial charge in [-0.3, -0.25) is 4.79 Å². The maximum atomic E-state index is 12.5. The van der Waals surface area contributed by atoms with Crippen LogP contribution in [0.25, 0.3) is 0 Å². The van der Waals surface area contributed by atoms with Crippen LogP contribution in [0.1, 0.15) is 46.5 Å². The summed E-state index contributed by atoms with van der Waals surface area (Å²) in [7, 11) is 0. The van der Waals surface area contributed by atoms with E-state index < -0.39 is 5.60 Å². The SMILES string of the molecule is CC(C)(C)OC(=O)N1CCCN(C(=O)C2CCCCO2)CC1. The van der Waals surface area contributed by atoms with Crippen molar-refractivity contribution in [2.24, 2.45) is 0 Å². The maximum absolute atomic E-state index is 12.5. The van der Waals surface area contributed by atoms with E-state index >= 15 is 0 Å². The molecule has 2 rings (SSSR count). The molecule has 1 atom stereocenters. The van der Waals surface area contributed by atoms with E-state index in [2.05, 4.69) is 0 Å². The summed E-state index contributed by atoms with van der Waals surface area (Å²) in [6.07, 6.45) is 3.09. The monoisotopic (exact) mass is 312 g/mol. The minimum atomic E-state index is -0.491. The number of ether oxygens (including phenoxy) is 2. The van der Waals surface area contributed by atoms with Crippen molar-refractivity contribution in [3.05, 3.63) is 0 Å². The van der Waals surface area contributed by atoms with Gasteiger partial charge in [-0.1, -0.05) is 0 Å². The summed E-state index contributed by atoms with van der Waals surface area (Å²) < 4.78 is 11.0. The van der Waals surface area contributed by atoms with E-state index in [0.29, 0.717) is 32.8 Å². The van der Waals surface area contributed by atoms with E-state index in [1.54, 1.807) is 4.90 Å². The third-order valence-electron chi connectivity index (χ3n) is 3.91. The van der Waals surface area contributed by atoms with Crippen molar-refractivity contribution in [1.29, 1.82) is 0 Å². The van der Waals surface area contributed by atoms with Crippen LogP contribution in [0.5, 0.6) is 0 Å². The van der Waals surface area contributed by atoms with Crippen LogP contribution in [0.4, 0.5) is 4.79 Å². The van der Waals surface area contributed by atoms with E-state index in [1.807, 2.05) is 25.7 Å². The largest absolute Gasteiger partial charge is 0.444 e. The number of amides is 2. The van der Waals surface area contributed by atoms with Gasteiger partial charge in [0.25, 0.3) is 5.91 Å². The van der Waals surface area contributed by atoms with E-state index in [-0.39, 0.29) is 18.1 Å². The molecule has 0 aromatic carbocycles. The normalized spacial score (nSPS) is 23.9. The molecule has 2 heterocycles. The molecule has 0 N–H and O–H groups in total. The molecule has 1 unspecified atom stereocenters. The van der Waals surface area contributed by atoms with Crippen LogP contribution in [-0.4, -0.2) is 66.3 Å². The van der Waals surface area contributed by atoms with E-state index in [1.165, 1.54) is 0 Å². The van der Waals surface area contributed by atoms with Gasteiger partial charge in [-0.25, -0.2) is 4.79 Å². The van der Waals surface area contributed by atoms with Crippen molar-refractivity contribution in [1.82, 2.24) is 9.80 Å². The molecule has 0 bridgehead atoms. The van der Waals surface area contributed by atoms with Gasteiger partial charge >= 0.3 is 6.09 Å². The van der Waals surface area contributed by atoms with E-state index in [4.69, 9.17) is 9.47 Å². The molecule has 2 aliphatic rings. The van der Waals surface area contributed by atoms with Crippen LogP contribution < -0.4 is 0 Å². The number of hydrogen-bond acceptors (Lipinski definition) is 4. The van der Waals surface area contributed by atoms with Gasteiger partial charge in [0, 0.05) is 32.8 Å². The van der Waals surface area contributed by atoms with E-state index in [0.717, 1.165) is 25.7 Å². The lowest BCUT2D eigenvalue weighted by Crippen LogP contribution is -2.44. The molecule has 0 spiro atoms. The van der Waals surface area contributed by atoms with Crippen molar-refractivity contribution in [2.45, 2.75) is 58.2 Å². The Labute approximate surface area is 132 Å². The minimum Gasteiger partial charge on any atom is -0.444 e. The minimum absolute atomic E-state index is 0.0748. The Morgan fingerprint density at radius 2 is 1.68 bits per heavy atom. The molecule has 2 saturated heterocycles. The zero-order chi connectivity index (χ0) is 16.2. The molecule has 0 radical (unpaired) electrons. The first-order chi connectivity index (χ1) is 10.4. The number of carbonyl (C=O) groups excluding carboxylic acids is 2. The second-order valence-electron chi connectivity index (χ2n) is 7.00. The standard InChI is InChI=1S/C16H28N2O4/c1-16(2,3)22-15(20)18-9-6-8-17(10-11-18)14(19)13-7-4-5-12-21-13/h13H,4-12H2,1-3H3. The van der Waals surface area contributed by atoms with Gasteiger partial charge < -0.3 is 19.3 Å². The van der Waals surface area contributed by atoms with Crippen LogP contribution in [0.3, 0.4) is 0 Å². The first-order valence-corrected chi connectivity index (χ1v) is 8.25. The Morgan fingerprint density at radius 3 is 2.32 bits per heavy atom. The van der Waals surface area contributed by atoms with Gasteiger partial charge in [0.05, 0.1) is 0 Å². The number of nitrogens with zero attached hydrogens (tertiary/aromatic N) is 2. The quantitative estimate of drug-likeness (QED) is 0.743. The molecular formula is C16H28N2O4. The molecule has 22 heavy (non-hydrogen) atoms. The van der Waals surface area contributed by atoms with Crippen LogP contribution >= 0.6 is 0 Å². The van der Waals surface area contributed by atoms with E-state index in [9.17, 15) is 9.59 Å². The Morgan fingerprint density at radius 1 is 1.00 bits per heavy atom. The lowest BCUT2D eigenvalue weighted by atomic mass is 10.1. The summed E-state index contributed by atoms with van der Waals surface area (Å²) in [4.78, 5) is 28.1. The molecule has 6 nitrogen and oxygen atoms in total. The molecule has 2 aliphatic heterocycles. The van der Waals surface area contributed by atoms with Gasteiger partial charge in [-0.2, -0.15) is 0 Å². The molecule has 126 valence electrons. The average molecular weight is 312 g/mol. The number of carbonyl (C=O) groups is 2. The fourth-order valence-corrected chi connectivity index (χ4v) is 2.79. The Hall–Kier alpha value is -1.30. The molecule has 0 aromatic rings. The highest BCUT2D eigenvalue weighted by Gasteiger charge is 2.30. The fourth-order valence-electron chi connectivity index (χ4n) is 2.79. The predicted molar refractivity (Wildman–Crippen MR) is 82.6 cm³/mol. The van der Waals surface area contributed by atoms with Crippen molar-refractivity contribution < 1.29 is 19.1 Å². The molecule has 2 fully saturated rings. The zero-order valence-corrected chi connectivity index (χ0v) is 14.0. The Kier molecular flexibility index (Phi) is 5.67. The second-order valence-corrected chi connectivity index (χ2v) is 7.00. The highest BCUT2D eigenvalue weighted by atomic mass is 16.6. The first-order valence-electron chi connectivity index (χ1n) is 8.25. The summed E-state index contributed by atoms with van der Waals surface area (Å²) in [6, 6.07) is 0. The lowest BCUT2D eigenvalue weighted by molar-refractivity contribution is -0.146. The molecule has 0 saturated carbocycles. The molecular weight excluding hydrogens is 284 g/mol. The van der Waals surface area contributed by atoms with Crippen LogP contribution in [0.15, 0.2) is 0 Å². The van der Waals surface area contributed by atoms with Crippen molar-refractivity contribution in [3.8, 4) is 0 Å². The average Bonchev–Trinajstić information content (AvgIpc) is 2.71. The number of rotatable bonds is 1. The predicted octanol–water partition coefficient (Wildman–Crippen LogP) is 2.02. The molecule has 6 heteroatoms. The van der Waals surface area contributed by atoms with Crippen LogP contribution in [0, 0.1) is 0 Å². The van der Waals surface area contributed by atoms with Crippen LogP contribution in [0.2, 0.25) is 0 Å². The Bertz CT molecular complexity index is 399. The van der Waals surface area contributed by atoms with Gasteiger partial charge in [0.2, 0.25) is 0 Å². The van der Waals surface area contributed by atoms with Crippen molar-refractivity contribution >= 4 is 12.0 Å². The summed E-state index contributed by atoms with van der Waals surface area (Å²) in [5.41, 5.74) is -0.491. The summed E-state index contributed by atoms with van der Waals surface area (Å²) in [5.74, 6) is 0.0748. The zero-order valence-electron chi connectivity index (χ0n) is 14.0. The van der Waals surface area contributed by atoms with Gasteiger partial charge in [0.1, 0.15) is 11.7 Å². The summed E-state index contributed by atoms with van der Waals surface area (Å²) in [5, 5.41) is 0. The highest BCUT2D eigenvalue weighted by Crippen LogP contribution is 2.17. The third-order valence-corrected chi connectivity index (χ3v) is 3.91. The van der Waals surface area contributed by atoms with Crippen molar-refractivity contribution in [2.75, 3.05) is 32.8 Å². The smallest absolute Gasteiger partial charge is 0.410 e. The summed E-state index contributed by atoms with van der Waals surface area (Å²) in [6.45, 7) is 8.64. The highest BCUT2D eigenvalue weighted by molar-refractivity contribution is 5.81. The number of hydrogen-bond donors (Lipinski definition) is 0. The molecule has 2 amide bonds. The van der Waals surface area contributed by atoms with Gasteiger partial charge in [-0.05, 0) is 46.5 Å². The first kappa shape index (κ1) is 17.1. The molecule has 0 aromatic heterocycles. The summed E-state index contributed by atoms with van der Waals surface area (Å²) >= 11 is 0. The van der Waals surface area contributed by atoms with Crippen LogP contribution in [-0.2, 0) is 14.3 Å². The Balaban J connectivity index is 1.86.